The van der Waals surface area contributed by atoms with Crippen LogP contribution in [0.1, 0.15) is 13.3 Å². The zero-order valence-corrected chi connectivity index (χ0v) is 21.7. The minimum absolute atomic E-state index is 0.457. The van der Waals surface area contributed by atoms with Crippen molar-refractivity contribution < 1.29 is 21.9 Å². The maximum Gasteiger partial charge on any atom is 0.606 e. The summed E-state index contributed by atoms with van der Waals surface area (Å²) in [6, 6.07) is 0. The van der Waals surface area contributed by atoms with E-state index in [4.69, 9.17) is 17.1 Å². The van der Waals surface area contributed by atoms with E-state index in [0.717, 1.165) is 12.7 Å². The third-order valence-electron chi connectivity index (χ3n) is 2.49. The lowest BCUT2D eigenvalue weighted by Crippen LogP contribution is -2.71. The van der Waals surface area contributed by atoms with Crippen molar-refractivity contribution in [3.8, 4) is 0 Å². The molecule has 0 aliphatic carbocycles. The first-order valence-electron chi connectivity index (χ1n) is 8.75. The van der Waals surface area contributed by atoms with Gasteiger partial charge in [0, 0.05) is 6.54 Å². The summed E-state index contributed by atoms with van der Waals surface area (Å²) in [4.78, 5) is 12.7. The summed E-state index contributed by atoms with van der Waals surface area (Å²) >= 11 is 0. The maximum absolute atomic E-state index is 12.7. The van der Waals surface area contributed by atoms with Crippen LogP contribution in [0.3, 0.4) is 0 Å². The summed E-state index contributed by atoms with van der Waals surface area (Å²) in [5, 5.41) is 0. The van der Waals surface area contributed by atoms with Crippen LogP contribution < -0.4 is 0 Å². The van der Waals surface area contributed by atoms with Gasteiger partial charge in [0.25, 0.3) is 0 Å². The molecule has 0 aromatic rings. The van der Waals surface area contributed by atoms with E-state index in [1.54, 1.807) is 4.57 Å². The Morgan fingerprint density at radius 1 is 0.880 bits per heavy atom. The number of rotatable bonds is 10. The van der Waals surface area contributed by atoms with Gasteiger partial charge in [-0.05, 0) is 65.3 Å². The van der Waals surface area contributed by atoms with Gasteiger partial charge >= 0.3 is 15.1 Å². The Hall–Kier alpha value is -0.242. The second kappa shape index (κ2) is 9.11. The molecule has 0 aliphatic heterocycles. The lowest BCUT2D eigenvalue weighted by atomic mass is 10.5. The molecule has 25 heavy (non-hydrogen) atoms. The van der Waals surface area contributed by atoms with Crippen molar-refractivity contribution in [1.82, 2.24) is 4.57 Å². The molecule has 148 valence electrons. The highest BCUT2D eigenvalue weighted by atomic mass is 28.5. The second-order valence-corrected chi connectivity index (χ2v) is 25.6. The Kier molecular flexibility index (Phi) is 9.02. The average molecular weight is 424 g/mol. The van der Waals surface area contributed by atoms with E-state index in [9.17, 15) is 4.79 Å². The molecular formula is C15H37NO5Si4. The largest absolute Gasteiger partial charge is 0.606 e. The highest BCUT2D eigenvalue weighted by Gasteiger charge is 2.58. The van der Waals surface area contributed by atoms with Crippen LogP contribution in [0.25, 0.3) is 0 Å². The number of hydrogen-bond acceptors (Lipinski definition) is 5. The van der Waals surface area contributed by atoms with Crippen molar-refractivity contribution in [2.45, 2.75) is 72.3 Å². The van der Waals surface area contributed by atoms with Crippen LogP contribution in [0.2, 0.25) is 58.9 Å². The maximum atomic E-state index is 12.7. The fourth-order valence-corrected chi connectivity index (χ4v) is 15.1. The van der Waals surface area contributed by atoms with Gasteiger partial charge in [-0.15, -0.1) is 0 Å². The predicted octanol–water partition coefficient (Wildman–Crippen LogP) is 4.97. The molecule has 1 amide bonds. The second-order valence-electron chi connectivity index (χ2n) is 8.87. The molecular weight excluding hydrogens is 387 g/mol. The summed E-state index contributed by atoms with van der Waals surface area (Å²) in [7, 11) is -9.67. The summed E-state index contributed by atoms with van der Waals surface area (Å²) in [5.74, 6) is 0. The zero-order valence-electron chi connectivity index (χ0n) is 17.7. The van der Waals surface area contributed by atoms with Crippen LogP contribution in [0.5, 0.6) is 0 Å². The molecule has 0 atom stereocenters. The Morgan fingerprint density at radius 2 is 1.24 bits per heavy atom. The molecule has 6 nitrogen and oxygen atoms in total. The summed E-state index contributed by atoms with van der Waals surface area (Å²) < 4.78 is 26.3. The van der Waals surface area contributed by atoms with E-state index < -0.39 is 40.0 Å². The van der Waals surface area contributed by atoms with Crippen LogP contribution in [0, 0.1) is 0 Å². The minimum Gasteiger partial charge on any atom is -0.419 e. The van der Waals surface area contributed by atoms with Crippen molar-refractivity contribution in [2.24, 2.45) is 0 Å². The van der Waals surface area contributed by atoms with Crippen molar-refractivity contribution in [3.63, 3.8) is 0 Å². The first-order valence-corrected chi connectivity index (χ1v) is 20.6. The van der Waals surface area contributed by atoms with Crippen molar-refractivity contribution in [1.29, 1.82) is 0 Å². The molecule has 0 saturated heterocycles. The fourth-order valence-electron chi connectivity index (χ4n) is 2.09. The van der Waals surface area contributed by atoms with Gasteiger partial charge < -0.3 is 17.1 Å². The Bertz CT molecular complexity index is 414. The van der Waals surface area contributed by atoms with Gasteiger partial charge in [-0.2, -0.15) is 0 Å². The molecule has 10 heteroatoms. The highest BCUT2D eigenvalue weighted by Crippen LogP contribution is 2.29. The SMILES string of the molecule is C=COC(=O)N(CCC)[Si](O[Si](C)(C)C)(O[Si](C)(C)C)O[Si](C)(C)C. The van der Waals surface area contributed by atoms with Crippen LogP contribution in [-0.2, 0) is 17.1 Å². The number of ether oxygens (including phenoxy) is 1. The average Bonchev–Trinajstić information content (AvgIpc) is 2.28. The number of nitrogens with zero attached hydrogens (tertiary/aromatic N) is 1. The van der Waals surface area contributed by atoms with Gasteiger partial charge in [0.1, 0.15) is 0 Å². The molecule has 0 aromatic heterocycles. The van der Waals surface area contributed by atoms with E-state index >= 15 is 0 Å². The summed E-state index contributed by atoms with van der Waals surface area (Å²) in [5.41, 5.74) is 0. The molecule has 0 aliphatic rings. The number of carbonyl (C=O) groups is 1. The Morgan fingerprint density at radius 3 is 1.48 bits per heavy atom. The highest BCUT2D eigenvalue weighted by molar-refractivity contribution is 6.89. The van der Waals surface area contributed by atoms with Gasteiger partial charge in [0.2, 0.25) is 0 Å². The van der Waals surface area contributed by atoms with E-state index in [2.05, 4.69) is 65.5 Å². The molecule has 0 aromatic carbocycles. The summed E-state index contributed by atoms with van der Waals surface area (Å²) in [6.07, 6.45) is 1.38. The first-order chi connectivity index (χ1) is 11.1. The van der Waals surface area contributed by atoms with Gasteiger partial charge in [-0.1, -0.05) is 13.5 Å². The van der Waals surface area contributed by atoms with Crippen LogP contribution in [0.4, 0.5) is 4.79 Å². The smallest absolute Gasteiger partial charge is 0.419 e. The van der Waals surface area contributed by atoms with E-state index in [1.807, 2.05) is 6.92 Å². The predicted molar refractivity (Wildman–Crippen MR) is 113 cm³/mol. The van der Waals surface area contributed by atoms with Crippen molar-refractivity contribution in [3.05, 3.63) is 12.8 Å². The molecule has 0 heterocycles. The first kappa shape index (κ1) is 24.8. The van der Waals surface area contributed by atoms with Crippen LogP contribution >= 0.6 is 0 Å². The normalized spacial score (nSPS) is 13.5. The van der Waals surface area contributed by atoms with Crippen molar-refractivity contribution >= 4 is 40.0 Å². The van der Waals surface area contributed by atoms with E-state index in [-0.39, 0.29) is 0 Å². The van der Waals surface area contributed by atoms with E-state index in [0.29, 0.717) is 6.54 Å². The number of carbonyl (C=O) groups excluding carboxylic acids is 1. The number of amides is 1. The fraction of sp³-hybridized carbons (Fsp3) is 0.800. The Balaban J connectivity index is 6.31. The monoisotopic (exact) mass is 423 g/mol. The Labute approximate surface area is 158 Å². The van der Waals surface area contributed by atoms with Crippen LogP contribution in [-0.4, -0.2) is 51.1 Å². The molecule has 0 fully saturated rings. The van der Waals surface area contributed by atoms with Gasteiger partial charge in [0.05, 0.1) is 6.26 Å². The number of hydrogen-bond donors (Lipinski definition) is 0. The van der Waals surface area contributed by atoms with E-state index in [1.165, 1.54) is 0 Å². The molecule has 0 bridgehead atoms. The minimum atomic E-state index is -3.46. The molecule has 0 N–H and O–H groups in total. The molecule has 0 radical (unpaired) electrons. The lowest BCUT2D eigenvalue weighted by molar-refractivity contribution is 0.117. The third kappa shape index (κ3) is 9.87. The standard InChI is InChI=1S/C15H37NO5Si4/c1-12-14-16(15(17)18-13-2)25(19-22(3,4)5,20-23(6,7)8)21-24(9,10)11/h13H,2,12,14H2,1,3-11H3. The van der Waals surface area contributed by atoms with Gasteiger partial charge in [0.15, 0.2) is 25.0 Å². The van der Waals surface area contributed by atoms with Gasteiger partial charge in [-0.3, -0.25) is 4.57 Å². The van der Waals surface area contributed by atoms with Gasteiger partial charge in [-0.25, -0.2) is 4.79 Å². The third-order valence-corrected chi connectivity index (χ3v) is 14.0. The molecule has 0 rings (SSSR count). The molecule has 0 unspecified atom stereocenters. The summed E-state index contributed by atoms with van der Waals surface area (Å²) in [6.45, 7) is 24.7. The quantitative estimate of drug-likeness (QED) is 0.367. The molecule has 0 saturated carbocycles. The lowest BCUT2D eigenvalue weighted by Gasteiger charge is -2.46. The van der Waals surface area contributed by atoms with Crippen LogP contribution in [0.15, 0.2) is 12.8 Å². The topological polar surface area (TPSA) is 57.2 Å². The molecule has 0 spiro atoms. The zero-order chi connectivity index (χ0) is 20.1. The van der Waals surface area contributed by atoms with Crippen molar-refractivity contribution in [2.75, 3.05) is 6.54 Å².